The zero-order valence-electron chi connectivity index (χ0n) is 22.3. The molecule has 0 aliphatic rings. The van der Waals surface area contributed by atoms with Gasteiger partial charge < -0.3 is 20.6 Å². The molecule has 2 aromatic carbocycles. The summed E-state index contributed by atoms with van der Waals surface area (Å²) in [5.74, 6) is -0.360. The van der Waals surface area contributed by atoms with Gasteiger partial charge in [0.15, 0.2) is 0 Å². The maximum atomic E-state index is 13.2. The fourth-order valence-electron chi connectivity index (χ4n) is 3.29. The molecule has 3 aromatic rings. The number of carbonyl (C=O) groups is 2. The lowest BCUT2D eigenvalue weighted by Crippen LogP contribution is -2.27. The largest absolute Gasteiger partial charge is 0.533 e. The molecule has 1 amide bonds. The van der Waals surface area contributed by atoms with E-state index in [0.717, 1.165) is 10.6 Å². The first-order valence-electron chi connectivity index (χ1n) is 12.1. The minimum atomic E-state index is -2.31. The number of rotatable bonds is 12. The number of nitrogens with zero attached hydrogens (tertiary/aromatic N) is 2. The minimum absolute atomic E-state index is 0.203. The summed E-state index contributed by atoms with van der Waals surface area (Å²) in [6, 6.07) is 17.9. The van der Waals surface area contributed by atoms with Crippen LogP contribution in [0.3, 0.4) is 0 Å². The maximum absolute atomic E-state index is 13.2. The molecule has 0 aliphatic carbocycles. The second kappa shape index (κ2) is 14.9. The monoisotopic (exact) mass is 581 g/mol. The molecule has 1 unspecified atom stereocenters. The van der Waals surface area contributed by atoms with Crippen molar-refractivity contribution in [3.63, 3.8) is 0 Å². The van der Waals surface area contributed by atoms with E-state index in [-0.39, 0.29) is 24.0 Å². The normalized spacial score (nSPS) is 11.3. The summed E-state index contributed by atoms with van der Waals surface area (Å²) in [6.45, 7) is 2.78. The number of pyridine rings is 1. The highest BCUT2D eigenvalue weighted by atomic mass is 32.2. The van der Waals surface area contributed by atoms with Crippen molar-refractivity contribution in [2.24, 2.45) is 0 Å². The Bertz CT molecular complexity index is 1400. The van der Waals surface area contributed by atoms with Crippen molar-refractivity contribution < 1.29 is 28.2 Å². The van der Waals surface area contributed by atoms with E-state index in [0.29, 0.717) is 21.7 Å². The number of amides is 1. The first-order valence-corrected chi connectivity index (χ1v) is 14.3. The van der Waals surface area contributed by atoms with Crippen LogP contribution in [-0.2, 0) is 18.6 Å². The molecule has 0 saturated carbocycles. The van der Waals surface area contributed by atoms with Gasteiger partial charge >= 0.3 is 14.2 Å². The smallest absolute Gasteiger partial charge is 0.432 e. The molecule has 0 saturated heterocycles. The number of hydrogen-bond acceptors (Lipinski definition) is 10. The number of carbonyl (C=O) groups excluding carboxylic acids is 2. The van der Waals surface area contributed by atoms with Crippen LogP contribution in [0, 0.1) is 5.41 Å². The molecule has 208 valence electrons. The minimum Gasteiger partial charge on any atom is -0.432 e. The average Bonchev–Trinajstić information content (AvgIpc) is 2.92. The third-order valence-corrected chi connectivity index (χ3v) is 7.26. The number of anilines is 1. The highest BCUT2D eigenvalue weighted by molar-refractivity contribution is 7.99. The van der Waals surface area contributed by atoms with Gasteiger partial charge in [-0.25, -0.2) is 4.79 Å². The van der Waals surface area contributed by atoms with Gasteiger partial charge in [-0.3, -0.25) is 14.7 Å². The van der Waals surface area contributed by atoms with E-state index in [1.54, 1.807) is 62.5 Å². The van der Waals surface area contributed by atoms with E-state index in [1.165, 1.54) is 23.7 Å². The van der Waals surface area contributed by atoms with Crippen molar-refractivity contribution in [3.8, 4) is 0 Å². The molecule has 40 heavy (non-hydrogen) atoms. The summed E-state index contributed by atoms with van der Waals surface area (Å²) >= 11 is 1.34. The molecule has 1 aromatic heterocycles. The zero-order chi connectivity index (χ0) is 29.1. The molecule has 1 heterocycles. The Hall–Kier alpha value is -4.05. The number of hydrogen-bond donors (Lipinski definition) is 2. The Morgan fingerprint density at radius 3 is 2.58 bits per heavy atom. The fourth-order valence-corrected chi connectivity index (χ4v) is 5.00. The number of ether oxygens (including phenoxy) is 2. The van der Waals surface area contributed by atoms with Crippen molar-refractivity contribution in [1.29, 1.82) is 5.41 Å². The van der Waals surface area contributed by atoms with E-state index < -0.39 is 21.0 Å². The molecule has 3 N–H and O–H groups in total. The molecule has 0 bridgehead atoms. The zero-order valence-corrected chi connectivity index (χ0v) is 24.0. The topological polar surface area (TPSA) is 145 Å². The first-order chi connectivity index (χ1) is 19.1. The summed E-state index contributed by atoms with van der Waals surface area (Å²) in [5.41, 5.74) is 8.65. The van der Waals surface area contributed by atoms with E-state index in [2.05, 4.69) is 4.98 Å². The van der Waals surface area contributed by atoms with Crippen LogP contribution in [0.5, 0.6) is 0 Å². The maximum Gasteiger partial charge on any atom is 0.533 e. The molecule has 3 rings (SSSR count). The Balaban J connectivity index is 1.62. The summed E-state index contributed by atoms with van der Waals surface area (Å²) in [7, 11) is -0.810. The van der Waals surface area contributed by atoms with Crippen LogP contribution in [0.2, 0.25) is 0 Å². The fraction of sp³-hybridized carbons (Fsp3) is 0.214. The van der Waals surface area contributed by atoms with Crippen molar-refractivity contribution in [1.82, 2.24) is 9.88 Å². The number of allylic oxidation sites excluding steroid dienone is 1. The van der Waals surface area contributed by atoms with Crippen LogP contribution in [-0.4, -0.2) is 53.9 Å². The van der Waals surface area contributed by atoms with Gasteiger partial charge in [0.25, 0.3) is 12.2 Å². The van der Waals surface area contributed by atoms with Crippen LogP contribution >= 0.6 is 19.8 Å². The van der Waals surface area contributed by atoms with Crippen LogP contribution in [0.4, 0.5) is 10.5 Å². The van der Waals surface area contributed by atoms with Crippen molar-refractivity contribution in [2.75, 3.05) is 25.9 Å². The molecule has 1 atom stereocenters. The van der Waals surface area contributed by atoms with E-state index in [1.807, 2.05) is 30.3 Å². The van der Waals surface area contributed by atoms with Crippen molar-refractivity contribution in [2.45, 2.75) is 29.7 Å². The Morgan fingerprint density at radius 2 is 1.88 bits per heavy atom. The number of aromatic nitrogens is 1. The van der Waals surface area contributed by atoms with Gasteiger partial charge in [0.2, 0.25) is 6.79 Å². The van der Waals surface area contributed by atoms with Gasteiger partial charge in [0.1, 0.15) is 0 Å². The standard InChI is InChI=1S/C28H30N4O6PS/c1-19(2)38-28(34)36-18-37-39(35)17-32(3)27(33)23-9-4-5-10-26(23)40-21-12-13-22(25(30)16-21)24(29)14-11-20-8-6-7-15-31-20/h4-16,19,29H,17-18,30H2,1-3H3/q+1/b14-11+,29-24?. The second-order valence-electron chi connectivity index (χ2n) is 8.63. The van der Waals surface area contributed by atoms with Crippen LogP contribution in [0.15, 0.2) is 82.7 Å². The van der Waals surface area contributed by atoms with E-state index in [9.17, 15) is 14.2 Å². The lowest BCUT2D eigenvalue weighted by Gasteiger charge is -2.15. The van der Waals surface area contributed by atoms with Gasteiger partial charge in [-0.2, -0.15) is 0 Å². The lowest BCUT2D eigenvalue weighted by atomic mass is 10.1. The van der Waals surface area contributed by atoms with E-state index >= 15 is 0 Å². The third kappa shape index (κ3) is 9.30. The molecular weight excluding hydrogens is 551 g/mol. The highest BCUT2D eigenvalue weighted by Crippen LogP contribution is 2.34. The Kier molecular flexibility index (Phi) is 11.4. The number of benzene rings is 2. The predicted octanol–water partition coefficient (Wildman–Crippen LogP) is 6.20. The predicted molar refractivity (Wildman–Crippen MR) is 155 cm³/mol. The van der Waals surface area contributed by atoms with Gasteiger partial charge in [-0.05, 0) is 73.0 Å². The molecule has 0 spiro atoms. The summed E-state index contributed by atoms with van der Waals surface area (Å²) < 4.78 is 26.8. The number of nitrogen functional groups attached to an aromatic ring is 1. The van der Waals surface area contributed by atoms with Crippen LogP contribution < -0.4 is 5.73 Å². The summed E-state index contributed by atoms with van der Waals surface area (Å²) in [5, 5.41) is 8.38. The molecule has 10 nitrogen and oxygen atoms in total. The van der Waals surface area contributed by atoms with Crippen LogP contribution in [0.1, 0.15) is 35.5 Å². The highest BCUT2D eigenvalue weighted by Gasteiger charge is 2.27. The SMILES string of the molecule is CC(C)OC(=O)OCO[P+](=O)CN(C)C(=O)c1ccccc1Sc1ccc(C(=N)/C=C/c2ccccn2)c(N)c1. The molecule has 0 aliphatic heterocycles. The average molecular weight is 582 g/mol. The van der Waals surface area contributed by atoms with Crippen molar-refractivity contribution in [3.05, 3.63) is 89.8 Å². The first kappa shape index (κ1) is 30.5. The summed E-state index contributed by atoms with van der Waals surface area (Å²) in [4.78, 5) is 31.5. The summed E-state index contributed by atoms with van der Waals surface area (Å²) in [6.07, 6.45) is 3.58. The number of nitrogens with two attached hydrogens (primary N) is 1. The Morgan fingerprint density at radius 1 is 1.12 bits per heavy atom. The van der Waals surface area contributed by atoms with Gasteiger partial charge in [-0.1, -0.05) is 30.0 Å². The van der Waals surface area contributed by atoms with Gasteiger partial charge in [-0.15, -0.1) is 4.52 Å². The van der Waals surface area contributed by atoms with Gasteiger partial charge in [0.05, 0.1) is 23.1 Å². The molecular formula is C28H30N4O6PS+. The van der Waals surface area contributed by atoms with Crippen LogP contribution in [0.25, 0.3) is 6.08 Å². The third-order valence-electron chi connectivity index (χ3n) is 5.15. The number of nitrogens with one attached hydrogen (secondary N) is 1. The van der Waals surface area contributed by atoms with E-state index in [4.69, 9.17) is 25.1 Å². The quantitative estimate of drug-likeness (QED) is 0.0839. The Labute approximate surface area is 237 Å². The molecule has 0 fully saturated rings. The van der Waals surface area contributed by atoms with Gasteiger partial charge in [0, 0.05) is 34.3 Å². The molecule has 0 radical (unpaired) electrons. The second-order valence-corrected chi connectivity index (χ2v) is 11.0. The van der Waals surface area contributed by atoms with Crippen molar-refractivity contribution >= 4 is 49.3 Å². The lowest BCUT2D eigenvalue weighted by molar-refractivity contribution is -0.00608. The molecule has 12 heteroatoms.